The van der Waals surface area contributed by atoms with Crippen LogP contribution in [0, 0.1) is 0 Å². The van der Waals surface area contributed by atoms with Gasteiger partial charge in [-0.1, -0.05) is 6.08 Å². The fourth-order valence-corrected chi connectivity index (χ4v) is 1.58. The minimum atomic E-state index is -0.193. The van der Waals surface area contributed by atoms with Crippen molar-refractivity contribution in [3.63, 3.8) is 0 Å². The molecule has 4 nitrogen and oxygen atoms in total. The lowest BCUT2D eigenvalue weighted by Crippen LogP contribution is -2.47. The van der Waals surface area contributed by atoms with Gasteiger partial charge in [0, 0.05) is 13.1 Å². The molecule has 0 spiro atoms. The van der Waals surface area contributed by atoms with E-state index in [4.69, 9.17) is 9.47 Å². The molecule has 0 aromatic heterocycles. The summed E-state index contributed by atoms with van der Waals surface area (Å²) >= 11 is 0. The van der Waals surface area contributed by atoms with E-state index >= 15 is 0 Å². The molecule has 0 bridgehead atoms. The fraction of sp³-hybridized carbons (Fsp3) is 0.700. The third-order valence-corrected chi connectivity index (χ3v) is 2.35. The first-order valence-electron chi connectivity index (χ1n) is 4.80. The normalized spacial score (nSPS) is 20.1. The molecule has 1 unspecified atom stereocenters. The Labute approximate surface area is 84.5 Å². The highest BCUT2D eigenvalue weighted by molar-refractivity contribution is 5.75. The van der Waals surface area contributed by atoms with E-state index in [1.807, 2.05) is 0 Å². The van der Waals surface area contributed by atoms with Gasteiger partial charge in [-0.2, -0.15) is 0 Å². The molecule has 0 aliphatic carbocycles. The molecule has 0 saturated carbocycles. The molecule has 0 aromatic rings. The number of carbonyl (C=O) groups excluding carboxylic acids is 1. The molecule has 80 valence electrons. The molecular weight excluding hydrogens is 182 g/mol. The van der Waals surface area contributed by atoms with E-state index in [2.05, 4.69) is 11.5 Å². The van der Waals surface area contributed by atoms with Crippen LogP contribution < -0.4 is 0 Å². The van der Waals surface area contributed by atoms with Gasteiger partial charge in [-0.05, 0) is 6.42 Å². The minimum Gasteiger partial charge on any atom is -0.468 e. The lowest BCUT2D eigenvalue weighted by atomic mass is 10.1. The molecule has 1 rings (SSSR count). The van der Waals surface area contributed by atoms with Gasteiger partial charge in [0.2, 0.25) is 0 Å². The van der Waals surface area contributed by atoms with E-state index in [9.17, 15) is 4.79 Å². The van der Waals surface area contributed by atoms with Crippen molar-refractivity contribution in [2.45, 2.75) is 12.5 Å². The Morgan fingerprint density at radius 1 is 1.64 bits per heavy atom. The Kier molecular flexibility index (Phi) is 4.62. The topological polar surface area (TPSA) is 38.8 Å². The highest BCUT2D eigenvalue weighted by atomic mass is 16.5. The molecule has 1 aliphatic rings. The maximum atomic E-state index is 11.4. The summed E-state index contributed by atoms with van der Waals surface area (Å²) in [5, 5.41) is 0. The fourth-order valence-electron chi connectivity index (χ4n) is 1.58. The van der Waals surface area contributed by atoms with Crippen molar-refractivity contribution in [3.05, 3.63) is 12.7 Å². The maximum absolute atomic E-state index is 11.4. The zero-order valence-corrected chi connectivity index (χ0v) is 8.57. The van der Waals surface area contributed by atoms with Crippen LogP contribution >= 0.6 is 0 Å². The number of rotatable bonds is 4. The molecule has 1 aliphatic heterocycles. The predicted octanol–water partition coefficient (Wildman–Crippen LogP) is 0.436. The zero-order valence-electron chi connectivity index (χ0n) is 8.57. The lowest BCUT2D eigenvalue weighted by molar-refractivity contribution is -0.148. The second-order valence-corrected chi connectivity index (χ2v) is 3.21. The van der Waals surface area contributed by atoms with E-state index in [0.717, 1.165) is 13.1 Å². The van der Waals surface area contributed by atoms with E-state index in [1.54, 1.807) is 6.08 Å². The van der Waals surface area contributed by atoms with Gasteiger partial charge in [-0.3, -0.25) is 9.69 Å². The number of carbonyl (C=O) groups is 1. The van der Waals surface area contributed by atoms with Gasteiger partial charge in [0.1, 0.15) is 6.04 Å². The Morgan fingerprint density at radius 3 is 2.79 bits per heavy atom. The summed E-state index contributed by atoms with van der Waals surface area (Å²) in [5.74, 6) is -0.188. The van der Waals surface area contributed by atoms with Crippen LogP contribution in [0.25, 0.3) is 0 Å². The number of morpholine rings is 1. The van der Waals surface area contributed by atoms with Crippen molar-refractivity contribution in [2.75, 3.05) is 33.4 Å². The van der Waals surface area contributed by atoms with Crippen LogP contribution in [0.5, 0.6) is 0 Å². The van der Waals surface area contributed by atoms with Gasteiger partial charge in [0.25, 0.3) is 0 Å². The van der Waals surface area contributed by atoms with E-state index in [1.165, 1.54) is 7.11 Å². The van der Waals surface area contributed by atoms with Crippen LogP contribution in [0.15, 0.2) is 12.7 Å². The molecule has 1 fully saturated rings. The molecule has 1 heterocycles. The van der Waals surface area contributed by atoms with Crippen LogP contribution in [0.1, 0.15) is 6.42 Å². The van der Waals surface area contributed by atoms with Gasteiger partial charge < -0.3 is 9.47 Å². The highest BCUT2D eigenvalue weighted by Crippen LogP contribution is 2.09. The van der Waals surface area contributed by atoms with Crippen molar-refractivity contribution in [2.24, 2.45) is 0 Å². The minimum absolute atomic E-state index is 0.188. The number of hydrogen-bond donors (Lipinski definition) is 0. The van der Waals surface area contributed by atoms with E-state index in [-0.39, 0.29) is 12.0 Å². The van der Waals surface area contributed by atoms with Gasteiger partial charge in [-0.15, -0.1) is 6.58 Å². The maximum Gasteiger partial charge on any atom is 0.323 e. The number of esters is 1. The van der Waals surface area contributed by atoms with Crippen LogP contribution in [-0.2, 0) is 14.3 Å². The summed E-state index contributed by atoms with van der Waals surface area (Å²) in [6.07, 6.45) is 2.38. The molecule has 0 amide bonds. The summed E-state index contributed by atoms with van der Waals surface area (Å²) in [7, 11) is 1.42. The summed E-state index contributed by atoms with van der Waals surface area (Å²) in [4.78, 5) is 13.5. The van der Waals surface area contributed by atoms with Gasteiger partial charge in [0.15, 0.2) is 0 Å². The third kappa shape index (κ3) is 2.82. The van der Waals surface area contributed by atoms with Gasteiger partial charge in [-0.25, -0.2) is 0 Å². The Hall–Kier alpha value is -0.870. The first-order valence-corrected chi connectivity index (χ1v) is 4.80. The smallest absolute Gasteiger partial charge is 0.323 e. The molecule has 14 heavy (non-hydrogen) atoms. The SMILES string of the molecule is C=CCC(C(=O)OC)N1CCOCC1. The number of nitrogens with zero attached hydrogens (tertiary/aromatic N) is 1. The lowest BCUT2D eigenvalue weighted by Gasteiger charge is -2.32. The van der Waals surface area contributed by atoms with Crippen LogP contribution in [0.2, 0.25) is 0 Å². The molecule has 0 N–H and O–H groups in total. The third-order valence-electron chi connectivity index (χ3n) is 2.35. The molecule has 4 heteroatoms. The first-order chi connectivity index (χ1) is 6.79. The molecule has 0 aromatic carbocycles. The summed E-state index contributed by atoms with van der Waals surface area (Å²) < 4.78 is 9.97. The van der Waals surface area contributed by atoms with Gasteiger partial charge in [0.05, 0.1) is 20.3 Å². The van der Waals surface area contributed by atoms with Crippen molar-refractivity contribution in [3.8, 4) is 0 Å². The van der Waals surface area contributed by atoms with E-state index < -0.39 is 0 Å². The zero-order chi connectivity index (χ0) is 10.4. The molecule has 1 atom stereocenters. The standard InChI is InChI=1S/C10H17NO3/c1-3-4-9(10(12)13-2)11-5-7-14-8-6-11/h3,9H,1,4-8H2,2H3. The molecule has 0 radical (unpaired) electrons. The number of hydrogen-bond acceptors (Lipinski definition) is 4. The van der Waals surface area contributed by atoms with E-state index in [0.29, 0.717) is 19.6 Å². The average Bonchev–Trinajstić information content (AvgIpc) is 2.26. The van der Waals surface area contributed by atoms with Crippen molar-refractivity contribution < 1.29 is 14.3 Å². The number of methoxy groups -OCH3 is 1. The Morgan fingerprint density at radius 2 is 2.29 bits per heavy atom. The Bertz CT molecular complexity index is 200. The molecule has 1 saturated heterocycles. The quantitative estimate of drug-likeness (QED) is 0.486. The monoisotopic (exact) mass is 199 g/mol. The van der Waals surface area contributed by atoms with Crippen LogP contribution in [0.3, 0.4) is 0 Å². The predicted molar refractivity (Wildman–Crippen MR) is 53.0 cm³/mol. The first kappa shape index (κ1) is 11.2. The second kappa shape index (κ2) is 5.78. The van der Waals surface area contributed by atoms with Crippen molar-refractivity contribution in [1.82, 2.24) is 4.90 Å². The Balaban J connectivity index is 2.55. The highest BCUT2D eigenvalue weighted by Gasteiger charge is 2.26. The summed E-state index contributed by atoms with van der Waals surface area (Å²) in [5.41, 5.74) is 0. The van der Waals surface area contributed by atoms with Crippen molar-refractivity contribution >= 4 is 5.97 Å². The summed E-state index contributed by atoms with van der Waals surface area (Å²) in [6.45, 7) is 6.59. The van der Waals surface area contributed by atoms with Crippen LogP contribution in [0.4, 0.5) is 0 Å². The van der Waals surface area contributed by atoms with Gasteiger partial charge >= 0.3 is 5.97 Å². The summed E-state index contributed by atoms with van der Waals surface area (Å²) in [6, 6.07) is -0.193. The van der Waals surface area contributed by atoms with Crippen molar-refractivity contribution in [1.29, 1.82) is 0 Å². The second-order valence-electron chi connectivity index (χ2n) is 3.21. The molecular formula is C10H17NO3. The number of ether oxygens (including phenoxy) is 2. The largest absolute Gasteiger partial charge is 0.468 e. The van der Waals surface area contributed by atoms with Crippen LogP contribution in [-0.4, -0.2) is 50.3 Å². The average molecular weight is 199 g/mol.